The minimum Gasteiger partial charge on any atom is -0.468 e. The molecule has 0 atom stereocenters. The normalized spacial score (nSPS) is 10.3. The van der Waals surface area contributed by atoms with Gasteiger partial charge in [-0.05, 0) is 31.4 Å². The zero-order valence-corrected chi connectivity index (χ0v) is 13.6. The molecule has 0 aliphatic heterocycles. The number of nitrogens with zero attached hydrogens (tertiary/aromatic N) is 1. The summed E-state index contributed by atoms with van der Waals surface area (Å²) in [5.74, 6) is -0.472. The van der Waals surface area contributed by atoms with Gasteiger partial charge in [-0.3, -0.25) is 9.59 Å². The molecule has 1 amide bonds. The van der Waals surface area contributed by atoms with Crippen LogP contribution in [0.5, 0.6) is 0 Å². The minimum absolute atomic E-state index is 0.0295. The van der Waals surface area contributed by atoms with E-state index in [-0.39, 0.29) is 12.5 Å². The molecule has 0 aliphatic rings. The third-order valence-corrected chi connectivity index (χ3v) is 3.41. The van der Waals surface area contributed by atoms with Gasteiger partial charge in [0.2, 0.25) is 5.91 Å². The van der Waals surface area contributed by atoms with Gasteiger partial charge in [0.25, 0.3) is 0 Å². The molecule has 0 spiro atoms. The summed E-state index contributed by atoms with van der Waals surface area (Å²) >= 11 is 0. The number of amides is 1. The molecule has 0 bridgehead atoms. The molecule has 0 radical (unpaired) electrons. The summed E-state index contributed by atoms with van der Waals surface area (Å²) in [7, 11) is 1.33. The Hall–Kier alpha value is -1.88. The van der Waals surface area contributed by atoms with Gasteiger partial charge >= 0.3 is 5.97 Å². The molecule has 0 unspecified atom stereocenters. The van der Waals surface area contributed by atoms with E-state index in [0.717, 1.165) is 11.1 Å². The van der Waals surface area contributed by atoms with Crippen LogP contribution in [0.3, 0.4) is 0 Å². The fourth-order valence-corrected chi connectivity index (χ4v) is 2.07. The zero-order chi connectivity index (χ0) is 16.4. The molecule has 0 heterocycles. The standard InChI is InChI=1S/C17H25NO4/c1-4-22-11-7-10-16(19)18(13-17(20)21-3)12-15-9-6-5-8-14(15)2/h5-6,8-9H,4,7,10-13H2,1-3H3. The van der Waals surface area contributed by atoms with E-state index in [0.29, 0.717) is 32.6 Å². The predicted octanol–water partition coefficient (Wildman–Crippen LogP) is 2.31. The maximum Gasteiger partial charge on any atom is 0.325 e. The molecule has 5 nitrogen and oxygen atoms in total. The van der Waals surface area contributed by atoms with Crippen LogP contribution in [-0.2, 0) is 25.6 Å². The number of methoxy groups -OCH3 is 1. The zero-order valence-electron chi connectivity index (χ0n) is 13.6. The second kappa shape index (κ2) is 9.95. The Balaban J connectivity index is 2.68. The lowest BCUT2D eigenvalue weighted by atomic mass is 10.1. The number of hydrogen-bond donors (Lipinski definition) is 0. The number of carbonyl (C=O) groups is 2. The van der Waals surface area contributed by atoms with Crippen LogP contribution >= 0.6 is 0 Å². The van der Waals surface area contributed by atoms with Crippen LogP contribution in [0.4, 0.5) is 0 Å². The first-order valence-electron chi connectivity index (χ1n) is 7.55. The van der Waals surface area contributed by atoms with E-state index in [4.69, 9.17) is 4.74 Å². The van der Waals surface area contributed by atoms with Crippen molar-refractivity contribution in [2.45, 2.75) is 33.2 Å². The average Bonchev–Trinajstić information content (AvgIpc) is 2.52. The van der Waals surface area contributed by atoms with Crippen molar-refractivity contribution in [3.8, 4) is 0 Å². The number of esters is 1. The lowest BCUT2D eigenvalue weighted by Gasteiger charge is -2.22. The van der Waals surface area contributed by atoms with Crippen LogP contribution in [0.15, 0.2) is 24.3 Å². The van der Waals surface area contributed by atoms with Crippen molar-refractivity contribution in [2.24, 2.45) is 0 Å². The van der Waals surface area contributed by atoms with Crippen molar-refractivity contribution >= 4 is 11.9 Å². The van der Waals surface area contributed by atoms with E-state index in [1.54, 1.807) is 4.90 Å². The Morgan fingerprint density at radius 1 is 1.23 bits per heavy atom. The lowest BCUT2D eigenvalue weighted by molar-refractivity contribution is -0.147. The van der Waals surface area contributed by atoms with E-state index in [2.05, 4.69) is 4.74 Å². The van der Waals surface area contributed by atoms with Crippen molar-refractivity contribution < 1.29 is 19.1 Å². The van der Waals surface area contributed by atoms with Crippen LogP contribution in [0.2, 0.25) is 0 Å². The molecule has 1 rings (SSSR count). The second-order valence-electron chi connectivity index (χ2n) is 5.05. The van der Waals surface area contributed by atoms with Gasteiger partial charge in [-0.2, -0.15) is 0 Å². The maximum absolute atomic E-state index is 12.3. The molecule has 0 saturated heterocycles. The van der Waals surface area contributed by atoms with Crippen LogP contribution in [0.25, 0.3) is 0 Å². The largest absolute Gasteiger partial charge is 0.468 e. The van der Waals surface area contributed by atoms with E-state index in [9.17, 15) is 9.59 Å². The average molecular weight is 307 g/mol. The van der Waals surface area contributed by atoms with Crippen molar-refractivity contribution in [3.63, 3.8) is 0 Å². The molecule has 0 aromatic heterocycles. The van der Waals surface area contributed by atoms with Crippen LogP contribution < -0.4 is 0 Å². The summed E-state index contributed by atoms with van der Waals surface area (Å²) in [5.41, 5.74) is 2.13. The van der Waals surface area contributed by atoms with Crippen LogP contribution in [0.1, 0.15) is 30.9 Å². The summed E-state index contributed by atoms with van der Waals surface area (Å²) in [6.07, 6.45) is 1.01. The van der Waals surface area contributed by atoms with Gasteiger partial charge in [-0.25, -0.2) is 0 Å². The number of rotatable bonds is 9. The van der Waals surface area contributed by atoms with Gasteiger partial charge in [0.05, 0.1) is 7.11 Å². The molecule has 0 saturated carbocycles. The lowest BCUT2D eigenvalue weighted by Crippen LogP contribution is -2.36. The molecule has 5 heteroatoms. The van der Waals surface area contributed by atoms with Crippen molar-refractivity contribution in [1.29, 1.82) is 0 Å². The Kier molecular flexibility index (Phi) is 8.22. The molecule has 0 aliphatic carbocycles. The monoisotopic (exact) mass is 307 g/mol. The maximum atomic E-state index is 12.3. The van der Waals surface area contributed by atoms with Crippen molar-refractivity contribution in [2.75, 3.05) is 26.9 Å². The summed E-state index contributed by atoms with van der Waals surface area (Å²) < 4.78 is 9.93. The summed E-state index contributed by atoms with van der Waals surface area (Å²) in [5, 5.41) is 0. The van der Waals surface area contributed by atoms with E-state index < -0.39 is 5.97 Å². The van der Waals surface area contributed by atoms with Crippen LogP contribution in [0, 0.1) is 6.92 Å². The number of carbonyl (C=O) groups excluding carboxylic acids is 2. The van der Waals surface area contributed by atoms with Crippen molar-refractivity contribution in [1.82, 2.24) is 4.90 Å². The number of aryl methyl sites for hydroxylation is 1. The summed E-state index contributed by atoms with van der Waals surface area (Å²) in [6.45, 7) is 5.49. The first-order valence-corrected chi connectivity index (χ1v) is 7.55. The molecular weight excluding hydrogens is 282 g/mol. The summed E-state index contributed by atoms with van der Waals surface area (Å²) in [6, 6.07) is 7.84. The molecule has 22 heavy (non-hydrogen) atoms. The highest BCUT2D eigenvalue weighted by molar-refractivity contribution is 5.82. The van der Waals surface area contributed by atoms with E-state index >= 15 is 0 Å². The molecule has 1 aromatic carbocycles. The third-order valence-electron chi connectivity index (χ3n) is 3.41. The molecule has 0 N–H and O–H groups in total. The summed E-state index contributed by atoms with van der Waals surface area (Å²) in [4.78, 5) is 25.4. The van der Waals surface area contributed by atoms with Crippen LogP contribution in [-0.4, -0.2) is 43.6 Å². The van der Waals surface area contributed by atoms with E-state index in [1.807, 2.05) is 38.1 Å². The van der Waals surface area contributed by atoms with Gasteiger partial charge in [-0.15, -0.1) is 0 Å². The highest BCUT2D eigenvalue weighted by atomic mass is 16.5. The van der Waals surface area contributed by atoms with Gasteiger partial charge in [0.15, 0.2) is 0 Å². The first-order chi connectivity index (χ1) is 10.6. The Morgan fingerprint density at radius 2 is 1.95 bits per heavy atom. The van der Waals surface area contributed by atoms with Gasteiger partial charge in [0.1, 0.15) is 6.54 Å². The quantitative estimate of drug-likeness (QED) is 0.519. The molecule has 0 fully saturated rings. The fraction of sp³-hybridized carbons (Fsp3) is 0.529. The SMILES string of the molecule is CCOCCCC(=O)N(CC(=O)OC)Cc1ccccc1C. The van der Waals surface area contributed by atoms with Crippen molar-refractivity contribution in [3.05, 3.63) is 35.4 Å². The van der Waals surface area contributed by atoms with Gasteiger partial charge < -0.3 is 14.4 Å². The number of benzene rings is 1. The van der Waals surface area contributed by atoms with Gasteiger partial charge in [0, 0.05) is 26.2 Å². The predicted molar refractivity (Wildman–Crippen MR) is 84.3 cm³/mol. The highest BCUT2D eigenvalue weighted by Crippen LogP contribution is 2.12. The first kappa shape index (κ1) is 18.2. The molecule has 122 valence electrons. The van der Waals surface area contributed by atoms with Gasteiger partial charge in [-0.1, -0.05) is 24.3 Å². The smallest absolute Gasteiger partial charge is 0.325 e. The van der Waals surface area contributed by atoms with E-state index in [1.165, 1.54) is 7.11 Å². The number of hydrogen-bond acceptors (Lipinski definition) is 4. The molecular formula is C17H25NO4. The molecule has 1 aromatic rings. The highest BCUT2D eigenvalue weighted by Gasteiger charge is 2.18. The second-order valence-corrected chi connectivity index (χ2v) is 5.05. The minimum atomic E-state index is -0.410. The Labute approximate surface area is 132 Å². The Bertz CT molecular complexity index is 487. The fourth-order valence-electron chi connectivity index (χ4n) is 2.07. The Morgan fingerprint density at radius 3 is 2.59 bits per heavy atom. The third kappa shape index (κ3) is 6.26. The topological polar surface area (TPSA) is 55.8 Å². The number of ether oxygens (including phenoxy) is 2.